The first-order valence-electron chi connectivity index (χ1n) is 12.6. The number of aryl methyl sites for hydroxylation is 1. The van der Waals surface area contributed by atoms with Crippen LogP contribution in [0.1, 0.15) is 59.6 Å². The highest BCUT2D eigenvalue weighted by Gasteiger charge is 2.28. The van der Waals surface area contributed by atoms with E-state index in [-0.39, 0.29) is 18.4 Å². The molecule has 0 radical (unpaired) electrons. The number of carbonyl (C=O) groups is 1. The van der Waals surface area contributed by atoms with E-state index in [0.29, 0.717) is 22.9 Å². The van der Waals surface area contributed by atoms with Gasteiger partial charge in [-0.3, -0.25) is 9.69 Å². The molecule has 0 spiro atoms. The zero-order valence-corrected chi connectivity index (χ0v) is 22.2. The van der Waals surface area contributed by atoms with Crippen LogP contribution >= 0.6 is 11.3 Å². The number of aromatic nitrogens is 2. The lowest BCUT2D eigenvalue weighted by Gasteiger charge is -2.21. The largest absolute Gasteiger partial charge is 0.469 e. The maximum Gasteiger partial charge on any atom is 0.311 e. The third-order valence-electron chi connectivity index (χ3n) is 6.65. The summed E-state index contributed by atoms with van der Waals surface area (Å²) in [7, 11) is 1.36. The molecule has 0 bridgehead atoms. The van der Waals surface area contributed by atoms with Gasteiger partial charge in [0, 0.05) is 16.3 Å². The molecule has 0 amide bonds. The van der Waals surface area contributed by atoms with Crippen molar-refractivity contribution in [2.75, 3.05) is 25.5 Å². The van der Waals surface area contributed by atoms with Crippen molar-refractivity contribution in [3.05, 3.63) is 76.4 Å². The number of benzene rings is 1. The van der Waals surface area contributed by atoms with E-state index < -0.39 is 6.29 Å². The number of methoxy groups -OCH3 is 1. The van der Waals surface area contributed by atoms with Crippen LogP contribution in [0.3, 0.4) is 0 Å². The van der Waals surface area contributed by atoms with E-state index in [0.717, 1.165) is 6.54 Å². The molecule has 0 saturated carbocycles. The Bertz CT molecular complexity index is 1280. The van der Waals surface area contributed by atoms with Gasteiger partial charge in [-0.25, -0.2) is 9.97 Å². The predicted octanol–water partition coefficient (Wildman–Crippen LogP) is 5.51. The van der Waals surface area contributed by atoms with E-state index in [4.69, 9.17) is 14.2 Å². The van der Waals surface area contributed by atoms with Crippen LogP contribution in [0.15, 0.2) is 48.9 Å². The Labute approximate surface area is 221 Å². The van der Waals surface area contributed by atoms with Crippen LogP contribution in [0.25, 0.3) is 10.4 Å². The molecule has 2 aliphatic rings. The third kappa shape index (κ3) is 5.78. The summed E-state index contributed by atoms with van der Waals surface area (Å²) in [6, 6.07) is 13.0. The van der Waals surface area contributed by atoms with Crippen molar-refractivity contribution in [2.24, 2.45) is 0 Å². The number of rotatable bonds is 9. The highest BCUT2D eigenvalue weighted by molar-refractivity contribution is 7.15. The molecule has 4 heterocycles. The van der Waals surface area contributed by atoms with E-state index >= 15 is 0 Å². The van der Waals surface area contributed by atoms with E-state index in [1.54, 1.807) is 18.3 Å². The summed E-state index contributed by atoms with van der Waals surface area (Å²) in [6.45, 7) is 7.23. The zero-order valence-electron chi connectivity index (χ0n) is 21.4. The maximum absolute atomic E-state index is 12.1. The Morgan fingerprint density at radius 3 is 2.68 bits per heavy atom. The Hall–Kier alpha value is -3.43. The van der Waals surface area contributed by atoms with Crippen molar-refractivity contribution >= 4 is 23.1 Å². The van der Waals surface area contributed by atoms with E-state index in [1.807, 2.05) is 0 Å². The molecule has 3 aromatic rings. The summed E-state index contributed by atoms with van der Waals surface area (Å²) < 4.78 is 16.1. The molecular weight excluding hydrogens is 488 g/mol. The van der Waals surface area contributed by atoms with Gasteiger partial charge < -0.3 is 19.5 Å². The lowest BCUT2D eigenvalue weighted by atomic mass is 10.1. The average molecular weight is 521 g/mol. The molecule has 1 N–H and O–H groups in total. The second-order valence-corrected chi connectivity index (χ2v) is 10.4. The Morgan fingerprint density at radius 1 is 1.16 bits per heavy atom. The van der Waals surface area contributed by atoms with Gasteiger partial charge in [-0.1, -0.05) is 24.3 Å². The number of thiophene rings is 1. The molecule has 1 fully saturated rings. The smallest absolute Gasteiger partial charge is 0.311 e. The second-order valence-electron chi connectivity index (χ2n) is 9.32. The lowest BCUT2D eigenvalue weighted by Crippen LogP contribution is -2.18. The number of likely N-dealkylation sites (tertiary alicyclic amines) is 1. The quantitative estimate of drug-likeness (QED) is 0.370. The van der Waals surface area contributed by atoms with Crippen LogP contribution in [0.5, 0.6) is 0 Å². The number of ether oxygens (including phenoxy) is 3. The topological polar surface area (TPSA) is 85.8 Å². The van der Waals surface area contributed by atoms with Gasteiger partial charge in [0.25, 0.3) is 6.29 Å². The summed E-state index contributed by atoms with van der Waals surface area (Å²) >= 11 is 1.77. The molecule has 5 rings (SSSR count). The van der Waals surface area contributed by atoms with Crippen molar-refractivity contribution in [1.82, 2.24) is 14.9 Å². The number of carbonyl (C=O) groups excluding carboxylic acids is 1. The van der Waals surface area contributed by atoms with Crippen molar-refractivity contribution in [3.63, 3.8) is 0 Å². The van der Waals surface area contributed by atoms with E-state index in [2.05, 4.69) is 63.5 Å². The van der Waals surface area contributed by atoms with Crippen LogP contribution in [-0.4, -0.2) is 41.0 Å². The third-order valence-corrected chi connectivity index (χ3v) is 7.95. The predicted molar refractivity (Wildman–Crippen MR) is 143 cm³/mol. The van der Waals surface area contributed by atoms with E-state index in [9.17, 15) is 4.79 Å². The standard InChI is InChI=1S/C28H32N4O4S/c1-18(23-10-11-24(37-23)21-9-5-4-8-20(21)17-32-12-6-7-13-32)29-27-26(28-35-14-15-36-28)22(16-25(33)34-3)30-19(2)31-27/h4-5,8-11,14-15,18,28H,6-7,12-13,16-17H2,1-3H3,(H,29,30,31)/t18-/m1/s1. The molecule has 1 aromatic carbocycles. The molecule has 2 aliphatic heterocycles. The van der Waals surface area contributed by atoms with Gasteiger partial charge in [0.2, 0.25) is 0 Å². The number of hydrogen-bond acceptors (Lipinski definition) is 9. The molecular formula is C28H32N4O4S. The van der Waals surface area contributed by atoms with Crippen molar-refractivity contribution in [2.45, 2.75) is 52.0 Å². The van der Waals surface area contributed by atoms with Gasteiger partial charge in [0.05, 0.1) is 30.8 Å². The fourth-order valence-electron chi connectivity index (χ4n) is 4.80. The summed E-state index contributed by atoms with van der Waals surface area (Å²) in [5, 5.41) is 3.53. The van der Waals surface area contributed by atoms with Gasteiger partial charge in [-0.2, -0.15) is 0 Å². The van der Waals surface area contributed by atoms with Crippen molar-refractivity contribution in [1.29, 1.82) is 0 Å². The molecule has 1 saturated heterocycles. The first kappa shape index (κ1) is 25.2. The molecule has 0 aliphatic carbocycles. The summed E-state index contributed by atoms with van der Waals surface area (Å²) in [6.07, 6.45) is 4.79. The molecule has 194 valence electrons. The Kier molecular flexibility index (Phi) is 7.71. The van der Waals surface area contributed by atoms with Gasteiger partial charge in [-0.05, 0) is 63.0 Å². The fourth-order valence-corrected chi connectivity index (χ4v) is 5.87. The number of hydrogen-bond donors (Lipinski definition) is 1. The zero-order chi connectivity index (χ0) is 25.8. The minimum Gasteiger partial charge on any atom is -0.469 e. The summed E-state index contributed by atoms with van der Waals surface area (Å²) in [4.78, 5) is 26.2. The van der Waals surface area contributed by atoms with Crippen molar-refractivity contribution < 1.29 is 19.0 Å². The lowest BCUT2D eigenvalue weighted by molar-refractivity contribution is -0.139. The monoisotopic (exact) mass is 520 g/mol. The first-order chi connectivity index (χ1) is 18.0. The van der Waals surface area contributed by atoms with Crippen LogP contribution in [0.4, 0.5) is 5.82 Å². The number of esters is 1. The Balaban J connectivity index is 1.40. The average Bonchev–Trinajstić information content (AvgIpc) is 3.67. The molecule has 2 aromatic heterocycles. The fraction of sp³-hybridized carbons (Fsp3) is 0.393. The van der Waals surface area contributed by atoms with Crippen LogP contribution in [-0.2, 0) is 32.0 Å². The van der Waals surface area contributed by atoms with Crippen molar-refractivity contribution in [3.8, 4) is 10.4 Å². The van der Waals surface area contributed by atoms with E-state index in [1.165, 1.54) is 66.4 Å². The SMILES string of the molecule is COC(=O)Cc1nc(C)nc(N[C@H](C)c2ccc(-c3ccccc3CN3CCCC3)s2)c1C1OC=CO1. The van der Waals surface area contributed by atoms with Gasteiger partial charge in [-0.15, -0.1) is 11.3 Å². The molecule has 9 heteroatoms. The number of anilines is 1. The number of nitrogens with zero attached hydrogens (tertiary/aromatic N) is 3. The highest BCUT2D eigenvalue weighted by atomic mass is 32.1. The van der Waals surface area contributed by atoms with Gasteiger partial charge in [0.15, 0.2) is 0 Å². The molecule has 0 unspecified atom stereocenters. The van der Waals surface area contributed by atoms with Crippen LogP contribution in [0, 0.1) is 6.92 Å². The van der Waals surface area contributed by atoms with Gasteiger partial charge >= 0.3 is 5.97 Å². The van der Waals surface area contributed by atoms with Crippen LogP contribution in [0.2, 0.25) is 0 Å². The maximum atomic E-state index is 12.1. The Morgan fingerprint density at radius 2 is 1.92 bits per heavy atom. The highest BCUT2D eigenvalue weighted by Crippen LogP contribution is 2.37. The van der Waals surface area contributed by atoms with Crippen LogP contribution < -0.4 is 5.32 Å². The molecule has 8 nitrogen and oxygen atoms in total. The normalized spacial score (nSPS) is 16.4. The molecule has 1 atom stereocenters. The minimum atomic E-state index is -0.730. The first-order valence-corrected chi connectivity index (χ1v) is 13.4. The summed E-state index contributed by atoms with van der Waals surface area (Å²) in [5.74, 6) is 0.739. The minimum absolute atomic E-state index is 0.00156. The number of nitrogens with one attached hydrogen (secondary N) is 1. The second kappa shape index (κ2) is 11.3. The summed E-state index contributed by atoms with van der Waals surface area (Å²) in [5.41, 5.74) is 3.77. The molecule has 37 heavy (non-hydrogen) atoms. The van der Waals surface area contributed by atoms with Gasteiger partial charge in [0.1, 0.15) is 24.2 Å².